The number of nitrogens with one attached hydrogen (secondary N) is 1. The number of aromatic nitrogens is 1. The number of ether oxygens (including phenoxy) is 1. The van der Waals surface area contributed by atoms with Crippen molar-refractivity contribution in [3.8, 4) is 6.07 Å². The highest BCUT2D eigenvalue weighted by Gasteiger charge is 2.01. The van der Waals surface area contributed by atoms with Gasteiger partial charge in [0.2, 0.25) is 0 Å². The van der Waals surface area contributed by atoms with Gasteiger partial charge < -0.3 is 9.72 Å². The second-order valence-corrected chi connectivity index (χ2v) is 3.35. The molecule has 0 saturated heterocycles. The fourth-order valence-electron chi connectivity index (χ4n) is 1.55. The van der Waals surface area contributed by atoms with Crippen LogP contribution in [0.15, 0.2) is 24.3 Å². The summed E-state index contributed by atoms with van der Waals surface area (Å²) < 4.78 is 5.31. The quantitative estimate of drug-likeness (QED) is 0.827. The van der Waals surface area contributed by atoms with Gasteiger partial charge >= 0.3 is 0 Å². The number of hydrogen-bond acceptors (Lipinski definition) is 2. The van der Waals surface area contributed by atoms with Crippen molar-refractivity contribution in [2.45, 2.75) is 13.5 Å². The van der Waals surface area contributed by atoms with Crippen LogP contribution in [0.25, 0.3) is 10.9 Å². The Morgan fingerprint density at radius 1 is 1.40 bits per heavy atom. The van der Waals surface area contributed by atoms with Crippen molar-refractivity contribution in [1.82, 2.24) is 4.98 Å². The van der Waals surface area contributed by atoms with Gasteiger partial charge in [-0.25, -0.2) is 0 Å². The molecule has 1 N–H and O–H groups in total. The van der Waals surface area contributed by atoms with E-state index in [4.69, 9.17) is 10.00 Å². The number of H-pyrrole nitrogens is 1. The third-order valence-corrected chi connectivity index (χ3v) is 2.27. The van der Waals surface area contributed by atoms with Gasteiger partial charge in [-0.1, -0.05) is 6.07 Å². The van der Waals surface area contributed by atoms with E-state index in [0.717, 1.165) is 16.6 Å². The highest BCUT2D eigenvalue weighted by molar-refractivity contribution is 5.81. The molecular weight excluding hydrogens is 188 g/mol. The highest BCUT2D eigenvalue weighted by Crippen LogP contribution is 2.17. The molecule has 2 aromatic rings. The SMILES string of the molecule is CCOCc1cc2ccc(C#N)cc2[nH]1. The van der Waals surface area contributed by atoms with Crippen LogP contribution in [0.3, 0.4) is 0 Å². The number of nitrogens with zero attached hydrogens (tertiary/aromatic N) is 1. The Hall–Kier alpha value is -1.79. The maximum atomic E-state index is 8.76. The van der Waals surface area contributed by atoms with Crippen LogP contribution in [0.4, 0.5) is 0 Å². The molecule has 1 aromatic carbocycles. The molecule has 0 aliphatic carbocycles. The maximum Gasteiger partial charge on any atom is 0.0992 e. The lowest BCUT2D eigenvalue weighted by Crippen LogP contribution is -1.90. The van der Waals surface area contributed by atoms with E-state index in [-0.39, 0.29) is 0 Å². The topological polar surface area (TPSA) is 48.8 Å². The molecule has 0 saturated carbocycles. The summed E-state index contributed by atoms with van der Waals surface area (Å²) in [5, 5.41) is 9.87. The Bertz CT molecular complexity index is 508. The number of rotatable bonds is 3. The molecule has 2 rings (SSSR count). The predicted molar refractivity (Wildman–Crippen MR) is 58.3 cm³/mol. The molecule has 0 radical (unpaired) electrons. The van der Waals surface area contributed by atoms with Gasteiger partial charge in [0.25, 0.3) is 0 Å². The molecule has 1 heterocycles. The van der Waals surface area contributed by atoms with E-state index in [1.165, 1.54) is 0 Å². The Morgan fingerprint density at radius 3 is 3.00 bits per heavy atom. The predicted octanol–water partition coefficient (Wildman–Crippen LogP) is 2.58. The van der Waals surface area contributed by atoms with Crippen molar-refractivity contribution in [2.75, 3.05) is 6.61 Å². The van der Waals surface area contributed by atoms with Crippen LogP contribution in [-0.4, -0.2) is 11.6 Å². The lowest BCUT2D eigenvalue weighted by atomic mass is 10.2. The van der Waals surface area contributed by atoms with Crippen molar-refractivity contribution >= 4 is 10.9 Å². The number of benzene rings is 1. The van der Waals surface area contributed by atoms with E-state index >= 15 is 0 Å². The Kier molecular flexibility index (Phi) is 2.70. The first-order chi connectivity index (χ1) is 7.33. The summed E-state index contributed by atoms with van der Waals surface area (Å²) in [7, 11) is 0. The molecular formula is C12H12N2O. The summed E-state index contributed by atoms with van der Waals surface area (Å²) in [6.45, 7) is 3.27. The smallest absolute Gasteiger partial charge is 0.0992 e. The van der Waals surface area contributed by atoms with Gasteiger partial charge in [0.05, 0.1) is 18.2 Å². The van der Waals surface area contributed by atoms with Crippen LogP contribution in [0.1, 0.15) is 18.2 Å². The van der Waals surface area contributed by atoms with Gasteiger partial charge in [-0.2, -0.15) is 5.26 Å². The van der Waals surface area contributed by atoms with Gasteiger partial charge in [-0.15, -0.1) is 0 Å². The van der Waals surface area contributed by atoms with Crippen molar-refractivity contribution in [3.63, 3.8) is 0 Å². The average molecular weight is 200 g/mol. The van der Waals surface area contributed by atoms with Gasteiger partial charge in [0, 0.05) is 17.8 Å². The van der Waals surface area contributed by atoms with Gasteiger partial charge in [0.15, 0.2) is 0 Å². The maximum absolute atomic E-state index is 8.76. The first-order valence-electron chi connectivity index (χ1n) is 4.93. The molecule has 0 aliphatic heterocycles. The van der Waals surface area contributed by atoms with E-state index in [9.17, 15) is 0 Å². The molecule has 3 heteroatoms. The molecule has 0 amide bonds. The van der Waals surface area contributed by atoms with Crippen LogP contribution in [0, 0.1) is 11.3 Å². The minimum Gasteiger partial charge on any atom is -0.376 e. The standard InChI is InChI=1S/C12H12N2O/c1-2-15-8-11-6-10-4-3-9(7-13)5-12(10)14-11/h3-6,14H,2,8H2,1H3. The third kappa shape index (κ3) is 2.00. The fourth-order valence-corrected chi connectivity index (χ4v) is 1.55. The minimum atomic E-state index is 0.590. The third-order valence-electron chi connectivity index (χ3n) is 2.27. The zero-order valence-corrected chi connectivity index (χ0v) is 8.58. The summed E-state index contributed by atoms with van der Waals surface area (Å²) in [6, 6.07) is 9.78. The molecule has 3 nitrogen and oxygen atoms in total. The van der Waals surface area contributed by atoms with Gasteiger partial charge in [-0.3, -0.25) is 0 Å². The van der Waals surface area contributed by atoms with Crippen LogP contribution in [0.5, 0.6) is 0 Å². The van der Waals surface area contributed by atoms with Crippen molar-refractivity contribution < 1.29 is 4.74 Å². The molecule has 0 aliphatic rings. The van der Waals surface area contributed by atoms with Crippen LogP contribution < -0.4 is 0 Å². The Morgan fingerprint density at radius 2 is 2.27 bits per heavy atom. The molecule has 0 spiro atoms. The number of aromatic amines is 1. The fraction of sp³-hybridized carbons (Fsp3) is 0.250. The number of nitriles is 1. The Labute approximate surface area is 88.3 Å². The van der Waals surface area contributed by atoms with Crippen LogP contribution in [0.2, 0.25) is 0 Å². The monoisotopic (exact) mass is 200 g/mol. The highest BCUT2D eigenvalue weighted by atomic mass is 16.5. The lowest BCUT2D eigenvalue weighted by Gasteiger charge is -1.95. The van der Waals surface area contributed by atoms with E-state index in [1.807, 2.05) is 31.2 Å². The summed E-state index contributed by atoms with van der Waals surface area (Å²) in [5.74, 6) is 0. The van der Waals surface area contributed by atoms with Crippen molar-refractivity contribution in [3.05, 3.63) is 35.5 Å². The summed E-state index contributed by atoms with van der Waals surface area (Å²) >= 11 is 0. The molecule has 0 fully saturated rings. The van der Waals surface area contributed by atoms with Crippen molar-refractivity contribution in [2.24, 2.45) is 0 Å². The van der Waals surface area contributed by atoms with E-state index in [0.29, 0.717) is 18.8 Å². The zero-order valence-electron chi connectivity index (χ0n) is 8.58. The summed E-state index contributed by atoms with van der Waals surface area (Å²) in [5.41, 5.74) is 2.71. The largest absolute Gasteiger partial charge is 0.376 e. The van der Waals surface area contributed by atoms with Gasteiger partial charge in [0.1, 0.15) is 0 Å². The second-order valence-electron chi connectivity index (χ2n) is 3.35. The van der Waals surface area contributed by atoms with Gasteiger partial charge in [-0.05, 0) is 30.5 Å². The van der Waals surface area contributed by atoms with E-state index < -0.39 is 0 Å². The summed E-state index contributed by atoms with van der Waals surface area (Å²) in [4.78, 5) is 3.23. The second kappa shape index (κ2) is 4.16. The van der Waals surface area contributed by atoms with Crippen molar-refractivity contribution in [1.29, 1.82) is 5.26 Å². The van der Waals surface area contributed by atoms with Crippen LogP contribution >= 0.6 is 0 Å². The molecule has 0 bridgehead atoms. The average Bonchev–Trinajstić information content (AvgIpc) is 2.67. The molecule has 0 unspecified atom stereocenters. The molecule has 1 aromatic heterocycles. The zero-order chi connectivity index (χ0) is 10.7. The Balaban J connectivity index is 2.34. The van der Waals surface area contributed by atoms with E-state index in [2.05, 4.69) is 11.1 Å². The lowest BCUT2D eigenvalue weighted by molar-refractivity contribution is 0.132. The molecule has 15 heavy (non-hydrogen) atoms. The first kappa shape index (κ1) is 9.75. The molecule has 0 atom stereocenters. The first-order valence-corrected chi connectivity index (χ1v) is 4.93. The van der Waals surface area contributed by atoms with Crippen LogP contribution in [-0.2, 0) is 11.3 Å². The van der Waals surface area contributed by atoms with E-state index in [1.54, 1.807) is 0 Å². The summed E-state index contributed by atoms with van der Waals surface area (Å²) in [6.07, 6.45) is 0. The molecule has 76 valence electrons. The number of fused-ring (bicyclic) bond motifs is 1. The number of hydrogen-bond donors (Lipinski definition) is 1. The minimum absolute atomic E-state index is 0.590. The normalized spacial score (nSPS) is 10.4.